The largest absolute Gasteiger partial charge is 0.494 e. The smallest absolute Gasteiger partial charge is 0.344 e. The molecule has 0 aliphatic carbocycles. The molecule has 0 saturated carbocycles. The molecular weight excluding hydrogens is 206 g/mol. The van der Waals surface area contributed by atoms with Crippen molar-refractivity contribution in [3.8, 4) is 11.8 Å². The van der Waals surface area contributed by atoms with Gasteiger partial charge in [-0.05, 0) is 0 Å². The van der Waals surface area contributed by atoms with E-state index in [9.17, 15) is 9.59 Å². The van der Waals surface area contributed by atoms with Gasteiger partial charge in [-0.3, -0.25) is 4.98 Å². The van der Waals surface area contributed by atoms with Crippen molar-refractivity contribution in [2.45, 2.75) is 0 Å². The summed E-state index contributed by atoms with van der Waals surface area (Å²) in [6.45, 7) is -0.555. The standard InChI is InChI=1S/C8H9NO6/c1-14-6(11)3-15-8(13)4-2-5(10)9-7(4)12/h2,9-10,12H,3H2,1H3. The molecule has 0 aromatic carbocycles. The Morgan fingerprint density at radius 3 is 2.60 bits per heavy atom. The first-order valence-corrected chi connectivity index (χ1v) is 3.89. The van der Waals surface area contributed by atoms with E-state index < -0.39 is 24.4 Å². The van der Waals surface area contributed by atoms with Gasteiger partial charge in [-0.15, -0.1) is 0 Å². The third-order valence-electron chi connectivity index (χ3n) is 1.55. The van der Waals surface area contributed by atoms with Crippen molar-refractivity contribution in [3.63, 3.8) is 0 Å². The molecule has 0 aliphatic rings. The topological polar surface area (TPSA) is 109 Å². The number of esters is 2. The molecule has 0 radical (unpaired) electrons. The first-order valence-electron chi connectivity index (χ1n) is 3.89. The second-order valence-electron chi connectivity index (χ2n) is 2.57. The van der Waals surface area contributed by atoms with Crippen molar-refractivity contribution in [2.75, 3.05) is 13.7 Å². The van der Waals surface area contributed by atoms with Crippen molar-refractivity contribution in [1.29, 1.82) is 0 Å². The molecule has 0 spiro atoms. The number of methoxy groups -OCH3 is 1. The molecule has 0 amide bonds. The summed E-state index contributed by atoms with van der Waals surface area (Å²) >= 11 is 0. The number of carbonyl (C=O) groups is 2. The van der Waals surface area contributed by atoms with Crippen molar-refractivity contribution in [2.24, 2.45) is 0 Å². The van der Waals surface area contributed by atoms with E-state index in [2.05, 4.69) is 14.5 Å². The van der Waals surface area contributed by atoms with Crippen molar-refractivity contribution >= 4 is 11.9 Å². The van der Waals surface area contributed by atoms with Crippen LogP contribution in [0.1, 0.15) is 10.4 Å². The van der Waals surface area contributed by atoms with Crippen LogP contribution in [0, 0.1) is 0 Å². The quantitative estimate of drug-likeness (QED) is 0.600. The summed E-state index contributed by atoms with van der Waals surface area (Å²) in [5.74, 6) is -2.56. The summed E-state index contributed by atoms with van der Waals surface area (Å²) in [4.78, 5) is 23.9. The summed E-state index contributed by atoms with van der Waals surface area (Å²) in [5.41, 5.74) is -0.253. The summed E-state index contributed by atoms with van der Waals surface area (Å²) in [6, 6.07) is 0.981. The number of nitrogens with one attached hydrogen (secondary N) is 1. The Balaban J connectivity index is 2.61. The van der Waals surface area contributed by atoms with Crippen LogP contribution in [0.5, 0.6) is 11.8 Å². The number of hydrogen-bond acceptors (Lipinski definition) is 6. The Morgan fingerprint density at radius 2 is 2.13 bits per heavy atom. The molecule has 0 saturated heterocycles. The average Bonchev–Trinajstić information content (AvgIpc) is 2.53. The van der Waals surface area contributed by atoms with Gasteiger partial charge in [0.2, 0.25) is 5.88 Å². The number of hydrogen-bond donors (Lipinski definition) is 3. The molecule has 82 valence electrons. The zero-order chi connectivity index (χ0) is 11.4. The van der Waals surface area contributed by atoms with Gasteiger partial charge >= 0.3 is 11.9 Å². The number of carbonyl (C=O) groups excluding carboxylic acids is 2. The molecule has 15 heavy (non-hydrogen) atoms. The van der Waals surface area contributed by atoms with Crippen LogP contribution in [0.4, 0.5) is 0 Å². The Morgan fingerprint density at radius 1 is 1.47 bits per heavy atom. The molecule has 1 rings (SSSR count). The van der Waals surface area contributed by atoms with Gasteiger partial charge < -0.3 is 19.7 Å². The highest BCUT2D eigenvalue weighted by molar-refractivity contribution is 5.93. The third kappa shape index (κ3) is 2.63. The van der Waals surface area contributed by atoms with E-state index in [1.807, 2.05) is 0 Å². The Bertz CT molecular complexity index is 382. The maximum atomic E-state index is 11.2. The van der Waals surface area contributed by atoms with Gasteiger partial charge in [0.05, 0.1) is 7.11 Å². The molecule has 0 atom stereocenters. The first kappa shape index (κ1) is 10.9. The van der Waals surface area contributed by atoms with E-state index >= 15 is 0 Å². The van der Waals surface area contributed by atoms with Crippen LogP contribution < -0.4 is 0 Å². The zero-order valence-electron chi connectivity index (χ0n) is 7.81. The van der Waals surface area contributed by atoms with Crippen LogP contribution in [0.2, 0.25) is 0 Å². The van der Waals surface area contributed by atoms with E-state index in [1.165, 1.54) is 0 Å². The normalized spacial score (nSPS) is 9.67. The van der Waals surface area contributed by atoms with Gasteiger partial charge in [-0.25, -0.2) is 9.59 Å². The minimum absolute atomic E-state index is 0.253. The minimum atomic E-state index is -0.936. The number of aromatic hydroxyl groups is 2. The van der Waals surface area contributed by atoms with Gasteiger partial charge in [0.1, 0.15) is 5.56 Å². The molecule has 0 fully saturated rings. The van der Waals surface area contributed by atoms with E-state index in [0.29, 0.717) is 0 Å². The van der Waals surface area contributed by atoms with Crippen molar-refractivity contribution in [3.05, 3.63) is 11.6 Å². The molecule has 1 heterocycles. The molecule has 0 unspecified atom stereocenters. The van der Waals surface area contributed by atoms with E-state index in [-0.39, 0.29) is 11.4 Å². The fourth-order valence-electron chi connectivity index (χ4n) is 0.847. The molecule has 3 N–H and O–H groups in total. The number of aromatic amines is 1. The van der Waals surface area contributed by atoms with Gasteiger partial charge in [0.25, 0.3) is 0 Å². The van der Waals surface area contributed by atoms with Crippen LogP contribution in [0.25, 0.3) is 0 Å². The summed E-state index contributed by atoms with van der Waals surface area (Å²) in [7, 11) is 1.15. The lowest BCUT2D eigenvalue weighted by Gasteiger charge is -2.01. The Kier molecular flexibility index (Phi) is 3.17. The number of H-pyrrole nitrogens is 1. The number of rotatable bonds is 3. The summed E-state index contributed by atoms with van der Waals surface area (Å²) in [5, 5.41) is 18.0. The molecule has 7 nitrogen and oxygen atoms in total. The SMILES string of the molecule is COC(=O)COC(=O)c1cc(O)[nH]c1O. The predicted molar refractivity (Wildman–Crippen MR) is 46.4 cm³/mol. The van der Waals surface area contributed by atoms with E-state index in [1.54, 1.807) is 0 Å². The average molecular weight is 215 g/mol. The van der Waals surface area contributed by atoms with E-state index in [0.717, 1.165) is 13.2 Å². The van der Waals surface area contributed by atoms with Gasteiger partial charge in [-0.1, -0.05) is 0 Å². The second kappa shape index (κ2) is 4.36. The monoisotopic (exact) mass is 215 g/mol. The summed E-state index contributed by atoms with van der Waals surface area (Å²) < 4.78 is 8.71. The lowest BCUT2D eigenvalue weighted by atomic mass is 10.3. The molecule has 0 aliphatic heterocycles. The van der Waals surface area contributed by atoms with Crippen LogP contribution in [0.3, 0.4) is 0 Å². The first-order chi connectivity index (χ1) is 7.04. The molecule has 1 aromatic heterocycles. The maximum Gasteiger partial charge on any atom is 0.344 e. The Labute approximate surface area is 84.2 Å². The second-order valence-corrected chi connectivity index (χ2v) is 2.57. The highest BCUT2D eigenvalue weighted by Crippen LogP contribution is 2.21. The van der Waals surface area contributed by atoms with Crippen LogP contribution in [0.15, 0.2) is 6.07 Å². The predicted octanol–water partition coefficient (Wildman–Crippen LogP) is -0.244. The fraction of sp³-hybridized carbons (Fsp3) is 0.250. The molecular formula is C8H9NO6. The Hall–Kier alpha value is -2.18. The van der Waals surface area contributed by atoms with Crippen molar-refractivity contribution < 1.29 is 29.3 Å². The van der Waals surface area contributed by atoms with Crippen LogP contribution in [-0.4, -0.2) is 40.9 Å². The van der Waals surface area contributed by atoms with Crippen molar-refractivity contribution in [1.82, 2.24) is 4.98 Å². The van der Waals surface area contributed by atoms with Gasteiger partial charge in [0, 0.05) is 6.07 Å². The number of aromatic nitrogens is 1. The zero-order valence-corrected chi connectivity index (χ0v) is 7.81. The maximum absolute atomic E-state index is 11.2. The lowest BCUT2D eigenvalue weighted by Crippen LogP contribution is -2.14. The lowest BCUT2D eigenvalue weighted by molar-refractivity contribution is -0.144. The highest BCUT2D eigenvalue weighted by atomic mass is 16.6. The molecule has 0 bridgehead atoms. The van der Waals surface area contributed by atoms with E-state index in [4.69, 9.17) is 10.2 Å². The number of ether oxygens (including phenoxy) is 2. The van der Waals surface area contributed by atoms with Gasteiger partial charge in [0.15, 0.2) is 12.5 Å². The fourth-order valence-corrected chi connectivity index (χ4v) is 0.847. The molecule has 1 aromatic rings. The van der Waals surface area contributed by atoms with Gasteiger partial charge in [-0.2, -0.15) is 0 Å². The molecule has 7 heteroatoms. The van der Waals surface area contributed by atoms with Crippen LogP contribution in [-0.2, 0) is 14.3 Å². The van der Waals surface area contributed by atoms with Crippen LogP contribution >= 0.6 is 0 Å². The minimum Gasteiger partial charge on any atom is -0.494 e. The summed E-state index contributed by atoms with van der Waals surface area (Å²) in [6.07, 6.45) is 0. The third-order valence-corrected chi connectivity index (χ3v) is 1.55. The highest BCUT2D eigenvalue weighted by Gasteiger charge is 2.17.